The second-order valence-electron chi connectivity index (χ2n) is 12.5. The molecule has 3 heterocycles. The minimum absolute atomic E-state index is 0.497. The molecule has 0 spiro atoms. The highest BCUT2D eigenvalue weighted by Gasteiger charge is 2.23. The van der Waals surface area contributed by atoms with Gasteiger partial charge in [0.25, 0.3) is 0 Å². The summed E-state index contributed by atoms with van der Waals surface area (Å²) in [5.41, 5.74) is 12.1. The first kappa shape index (κ1) is 27.7. The quantitative estimate of drug-likeness (QED) is 0.204. The van der Waals surface area contributed by atoms with E-state index < -0.39 is 0 Å². The van der Waals surface area contributed by atoms with E-state index in [2.05, 4.69) is 127 Å². The fourth-order valence-electron chi connectivity index (χ4n) is 6.95. The van der Waals surface area contributed by atoms with Crippen LogP contribution in [0.5, 0.6) is 0 Å². The van der Waals surface area contributed by atoms with Crippen LogP contribution in [0.3, 0.4) is 0 Å². The van der Waals surface area contributed by atoms with E-state index in [9.17, 15) is 5.26 Å². The first-order chi connectivity index (χ1) is 22.2. The smallest absolute Gasteiger partial charge is 0.164 e. The molecule has 0 aliphatic carbocycles. The molecule has 0 radical (unpaired) electrons. The van der Waals surface area contributed by atoms with Gasteiger partial charge in [0.2, 0.25) is 0 Å². The molecule has 0 aliphatic rings. The molecule has 3 aromatic heterocycles. The summed E-state index contributed by atoms with van der Waals surface area (Å²) in [7, 11) is 0. The highest BCUT2D eigenvalue weighted by molar-refractivity contribution is 6.12. The lowest BCUT2D eigenvalue weighted by molar-refractivity contribution is 0.927. The fraction of sp³-hybridized carbons (Fsp3) is 0.150. The van der Waals surface area contributed by atoms with Gasteiger partial charge >= 0.3 is 0 Å². The maximum Gasteiger partial charge on any atom is 0.164 e. The lowest BCUT2D eigenvalue weighted by atomic mass is 10.0. The molecular weight excluding hydrogens is 564 g/mol. The largest absolute Gasteiger partial charge is 0.307 e. The van der Waals surface area contributed by atoms with E-state index in [1.54, 1.807) is 0 Å². The van der Waals surface area contributed by atoms with Crippen molar-refractivity contribution in [2.45, 2.75) is 41.5 Å². The van der Waals surface area contributed by atoms with Gasteiger partial charge in [-0.05, 0) is 100 Å². The van der Waals surface area contributed by atoms with Gasteiger partial charge in [-0.1, -0.05) is 48.5 Å². The summed E-state index contributed by atoms with van der Waals surface area (Å²) < 4.78 is 4.69. The fourth-order valence-corrected chi connectivity index (χ4v) is 6.95. The molecule has 0 aliphatic heterocycles. The zero-order valence-electron chi connectivity index (χ0n) is 26.8. The Bertz CT molecular complexity index is 2470. The van der Waals surface area contributed by atoms with Crippen LogP contribution in [0.1, 0.15) is 39.5 Å². The van der Waals surface area contributed by atoms with Crippen molar-refractivity contribution >= 4 is 43.6 Å². The summed E-state index contributed by atoms with van der Waals surface area (Å²) in [6, 6.07) is 33.2. The average Bonchev–Trinajstić information content (AvgIpc) is 3.50. The predicted molar refractivity (Wildman–Crippen MR) is 187 cm³/mol. The Kier molecular flexibility index (Phi) is 6.10. The SMILES string of the molecule is Cc1ccc2c3ccc(C)cc3n(-c3cc(C#N)c(-c4nc(C)nc(C)n4)cc3-n3c4cc(C)ccc4c4ccc(C)cc43)c2c1. The van der Waals surface area contributed by atoms with Crippen molar-refractivity contribution in [1.29, 1.82) is 5.26 Å². The van der Waals surface area contributed by atoms with E-state index >= 15 is 0 Å². The van der Waals surface area contributed by atoms with Crippen molar-refractivity contribution in [1.82, 2.24) is 24.1 Å². The molecule has 0 saturated carbocycles. The molecular formula is C40H32N6. The Balaban J connectivity index is 1.61. The van der Waals surface area contributed by atoms with E-state index in [0.717, 1.165) is 33.4 Å². The van der Waals surface area contributed by atoms with E-state index in [1.165, 1.54) is 43.8 Å². The Labute approximate surface area is 267 Å². The van der Waals surface area contributed by atoms with E-state index in [1.807, 2.05) is 19.9 Å². The summed E-state index contributed by atoms with van der Waals surface area (Å²) in [5, 5.41) is 15.4. The summed E-state index contributed by atoms with van der Waals surface area (Å²) in [6.07, 6.45) is 0. The minimum atomic E-state index is 0.497. The third-order valence-corrected chi connectivity index (χ3v) is 8.97. The van der Waals surface area contributed by atoms with Gasteiger partial charge < -0.3 is 9.13 Å². The topological polar surface area (TPSA) is 72.3 Å². The molecule has 0 N–H and O–H groups in total. The van der Waals surface area contributed by atoms with Crippen LogP contribution in [0.15, 0.2) is 84.9 Å². The number of hydrogen-bond acceptors (Lipinski definition) is 4. The van der Waals surface area contributed by atoms with Crippen LogP contribution in [0.4, 0.5) is 0 Å². The molecule has 46 heavy (non-hydrogen) atoms. The number of rotatable bonds is 3. The Morgan fingerprint density at radius 1 is 0.478 bits per heavy atom. The monoisotopic (exact) mass is 596 g/mol. The minimum Gasteiger partial charge on any atom is -0.307 e. The van der Waals surface area contributed by atoms with Gasteiger partial charge in [-0.2, -0.15) is 5.26 Å². The molecule has 0 unspecified atom stereocenters. The number of nitrogens with zero attached hydrogens (tertiary/aromatic N) is 6. The van der Waals surface area contributed by atoms with Crippen LogP contribution in [-0.4, -0.2) is 24.1 Å². The van der Waals surface area contributed by atoms with Crippen molar-refractivity contribution in [2.75, 3.05) is 0 Å². The number of nitriles is 1. The molecule has 6 nitrogen and oxygen atoms in total. The molecule has 0 bridgehead atoms. The molecule has 8 rings (SSSR count). The maximum atomic E-state index is 10.7. The van der Waals surface area contributed by atoms with Gasteiger partial charge in [0.1, 0.15) is 11.6 Å². The molecule has 0 saturated heterocycles. The van der Waals surface area contributed by atoms with Crippen molar-refractivity contribution in [3.05, 3.63) is 124 Å². The average molecular weight is 597 g/mol. The number of fused-ring (bicyclic) bond motifs is 6. The second-order valence-corrected chi connectivity index (χ2v) is 12.5. The molecule has 0 amide bonds. The summed E-state index contributed by atoms with van der Waals surface area (Å²) in [6.45, 7) is 12.2. The summed E-state index contributed by atoms with van der Waals surface area (Å²) in [4.78, 5) is 13.8. The van der Waals surface area contributed by atoms with Crippen molar-refractivity contribution in [3.63, 3.8) is 0 Å². The lowest BCUT2D eigenvalue weighted by Crippen LogP contribution is -2.07. The zero-order chi connectivity index (χ0) is 31.9. The highest BCUT2D eigenvalue weighted by atomic mass is 15.1. The van der Waals surface area contributed by atoms with E-state index in [-0.39, 0.29) is 0 Å². The van der Waals surface area contributed by atoms with Gasteiger partial charge in [0.05, 0.1) is 45.1 Å². The van der Waals surface area contributed by atoms with Gasteiger partial charge in [0.15, 0.2) is 5.82 Å². The second kappa shape index (κ2) is 10.1. The van der Waals surface area contributed by atoms with E-state index in [0.29, 0.717) is 28.6 Å². The number of aryl methyl sites for hydroxylation is 6. The van der Waals surface area contributed by atoms with Crippen LogP contribution in [0, 0.1) is 52.9 Å². The molecule has 6 heteroatoms. The molecule has 0 fully saturated rings. The van der Waals surface area contributed by atoms with Gasteiger partial charge in [-0.25, -0.2) is 15.0 Å². The van der Waals surface area contributed by atoms with Crippen LogP contribution in [-0.2, 0) is 0 Å². The van der Waals surface area contributed by atoms with Crippen LogP contribution >= 0.6 is 0 Å². The Morgan fingerprint density at radius 3 is 1.22 bits per heavy atom. The predicted octanol–water partition coefficient (Wildman–Crippen LogP) is 9.45. The molecule has 222 valence electrons. The standard InChI is InChI=1S/C40H32N6/c1-22-7-11-29-30-12-8-23(2)16-35(30)45(34(29)15-22)38-19-28(21-41)33(40-43-26(5)42-27(6)44-40)20-39(38)46-36-17-24(3)9-13-31(36)32-14-10-25(4)18-37(32)46/h7-20H,1-6H3. The Hall–Kier alpha value is -5.80. The lowest BCUT2D eigenvalue weighted by Gasteiger charge is -2.19. The molecule has 5 aromatic carbocycles. The maximum absolute atomic E-state index is 10.7. The highest BCUT2D eigenvalue weighted by Crippen LogP contribution is 2.41. The number of hydrogen-bond donors (Lipinski definition) is 0. The third kappa shape index (κ3) is 4.20. The molecule has 0 atom stereocenters. The normalized spacial score (nSPS) is 11.7. The Morgan fingerprint density at radius 2 is 0.848 bits per heavy atom. The van der Waals surface area contributed by atoms with Gasteiger partial charge in [-0.3, -0.25) is 0 Å². The van der Waals surface area contributed by atoms with Crippen molar-refractivity contribution in [2.24, 2.45) is 0 Å². The first-order valence-electron chi connectivity index (χ1n) is 15.5. The number of aromatic nitrogens is 5. The van der Waals surface area contributed by atoms with Gasteiger partial charge in [0, 0.05) is 27.1 Å². The summed E-state index contributed by atoms with van der Waals surface area (Å²) >= 11 is 0. The van der Waals surface area contributed by atoms with Gasteiger partial charge in [-0.15, -0.1) is 0 Å². The van der Waals surface area contributed by atoms with E-state index in [4.69, 9.17) is 9.97 Å². The van der Waals surface area contributed by atoms with Crippen LogP contribution < -0.4 is 0 Å². The van der Waals surface area contributed by atoms with Crippen LogP contribution in [0.2, 0.25) is 0 Å². The van der Waals surface area contributed by atoms with Crippen molar-refractivity contribution < 1.29 is 0 Å². The molecule has 8 aromatic rings. The number of benzene rings is 5. The zero-order valence-corrected chi connectivity index (χ0v) is 26.8. The van der Waals surface area contributed by atoms with Crippen LogP contribution in [0.25, 0.3) is 66.4 Å². The first-order valence-corrected chi connectivity index (χ1v) is 15.5. The third-order valence-electron chi connectivity index (χ3n) is 8.97. The van der Waals surface area contributed by atoms with Crippen molar-refractivity contribution in [3.8, 4) is 28.8 Å². The summed E-state index contributed by atoms with van der Waals surface area (Å²) in [5.74, 6) is 1.73.